The fourth-order valence-corrected chi connectivity index (χ4v) is 3.71. The smallest absolute Gasteiger partial charge is 0.255 e. The van der Waals surface area contributed by atoms with Crippen LogP contribution in [-0.4, -0.2) is 38.7 Å². The maximum absolute atomic E-state index is 13.3. The molecule has 0 fully saturated rings. The molecule has 0 aliphatic carbocycles. The van der Waals surface area contributed by atoms with Crippen molar-refractivity contribution in [3.8, 4) is 0 Å². The van der Waals surface area contributed by atoms with Crippen LogP contribution in [0.25, 0.3) is 16.6 Å². The second-order valence-electron chi connectivity index (χ2n) is 7.46. The van der Waals surface area contributed by atoms with Crippen molar-refractivity contribution in [2.75, 3.05) is 13.1 Å². The molecule has 2 aromatic heterocycles. The van der Waals surface area contributed by atoms with Gasteiger partial charge in [-0.2, -0.15) is 5.10 Å². The number of rotatable bonds is 3. The maximum Gasteiger partial charge on any atom is 0.255 e. The molecule has 0 radical (unpaired) electrons. The largest absolute Gasteiger partial charge is 0.331 e. The molecule has 5 heteroatoms. The summed E-state index contributed by atoms with van der Waals surface area (Å²) in [4.78, 5) is 19.8. The molecule has 1 aliphatic heterocycles. The van der Waals surface area contributed by atoms with Crippen LogP contribution in [0.1, 0.15) is 47.1 Å². The van der Waals surface area contributed by atoms with Crippen molar-refractivity contribution >= 4 is 22.5 Å². The van der Waals surface area contributed by atoms with Crippen LogP contribution in [0.15, 0.2) is 42.6 Å². The number of aromatic nitrogens is 3. The summed E-state index contributed by atoms with van der Waals surface area (Å²) >= 11 is 0. The van der Waals surface area contributed by atoms with Gasteiger partial charge in [0.15, 0.2) is 5.65 Å². The number of nitrogens with zero attached hydrogens (tertiary/aromatic N) is 4. The quantitative estimate of drug-likeness (QED) is 0.704. The number of aryl methyl sites for hydroxylation is 2. The molecule has 0 spiro atoms. The summed E-state index contributed by atoms with van der Waals surface area (Å²) in [7, 11) is 0. The first-order valence-corrected chi connectivity index (χ1v) is 9.35. The van der Waals surface area contributed by atoms with E-state index in [1.54, 1.807) is 6.20 Å². The Kier molecular flexibility index (Phi) is 4.30. The number of carbonyl (C=O) groups is 1. The summed E-state index contributed by atoms with van der Waals surface area (Å²) in [5, 5.41) is 5.27. The lowest BCUT2D eigenvalue weighted by Crippen LogP contribution is -2.29. The maximum atomic E-state index is 13.3. The Labute approximate surface area is 159 Å². The molecule has 1 amide bonds. The zero-order chi connectivity index (χ0) is 19.1. The van der Waals surface area contributed by atoms with Crippen LogP contribution in [0.2, 0.25) is 0 Å². The molecule has 1 aliphatic rings. The van der Waals surface area contributed by atoms with Crippen LogP contribution in [0, 0.1) is 13.8 Å². The minimum Gasteiger partial charge on any atom is -0.331 e. The molecular weight excluding hydrogens is 336 g/mol. The van der Waals surface area contributed by atoms with Crippen LogP contribution in [0.3, 0.4) is 0 Å². The molecule has 0 N–H and O–H groups in total. The number of fused-ring (bicyclic) bond motifs is 1. The molecule has 0 bridgehead atoms. The Morgan fingerprint density at radius 2 is 1.96 bits per heavy atom. The number of hydrogen-bond donors (Lipinski definition) is 0. The van der Waals surface area contributed by atoms with Crippen molar-refractivity contribution in [1.29, 1.82) is 0 Å². The van der Waals surface area contributed by atoms with E-state index in [4.69, 9.17) is 0 Å². The highest BCUT2D eigenvalue weighted by molar-refractivity contribution is 6.06. The fraction of sp³-hybridized carbons (Fsp3) is 0.318. The van der Waals surface area contributed by atoms with Gasteiger partial charge in [0.1, 0.15) is 0 Å². The Bertz CT molecular complexity index is 1060. The topological polar surface area (TPSA) is 51.0 Å². The SMILES string of the molecule is Cc1cc(C(=O)N2CC=C(c3ccccc3C)C2)c2cnn(C(C)C)c2n1. The molecule has 1 aromatic carbocycles. The second kappa shape index (κ2) is 6.65. The van der Waals surface area contributed by atoms with Crippen LogP contribution in [0.5, 0.6) is 0 Å². The molecule has 0 unspecified atom stereocenters. The zero-order valence-electron chi connectivity index (χ0n) is 16.2. The third-order valence-corrected chi connectivity index (χ3v) is 5.11. The van der Waals surface area contributed by atoms with Gasteiger partial charge in [-0.1, -0.05) is 30.3 Å². The molecule has 3 aromatic rings. The van der Waals surface area contributed by atoms with E-state index in [-0.39, 0.29) is 11.9 Å². The summed E-state index contributed by atoms with van der Waals surface area (Å²) in [5.41, 5.74) is 5.96. The third-order valence-electron chi connectivity index (χ3n) is 5.11. The molecule has 27 heavy (non-hydrogen) atoms. The van der Waals surface area contributed by atoms with Gasteiger partial charge in [0, 0.05) is 24.8 Å². The van der Waals surface area contributed by atoms with Crippen LogP contribution >= 0.6 is 0 Å². The molecule has 0 saturated carbocycles. The van der Waals surface area contributed by atoms with E-state index >= 15 is 0 Å². The zero-order valence-corrected chi connectivity index (χ0v) is 16.2. The van der Waals surface area contributed by atoms with Gasteiger partial charge in [0.2, 0.25) is 0 Å². The first-order valence-electron chi connectivity index (χ1n) is 9.35. The van der Waals surface area contributed by atoms with Crippen molar-refractivity contribution < 1.29 is 4.79 Å². The van der Waals surface area contributed by atoms with Crippen LogP contribution < -0.4 is 0 Å². The third kappa shape index (κ3) is 3.03. The van der Waals surface area contributed by atoms with Gasteiger partial charge in [0.25, 0.3) is 5.91 Å². The monoisotopic (exact) mass is 360 g/mol. The van der Waals surface area contributed by atoms with E-state index < -0.39 is 0 Å². The van der Waals surface area contributed by atoms with E-state index in [0.29, 0.717) is 18.7 Å². The standard InChI is InChI=1S/C22H24N4O/c1-14(2)26-21-20(12-23-26)19(11-16(4)24-21)22(27)25-10-9-17(13-25)18-8-6-5-7-15(18)3/h5-9,11-12,14H,10,13H2,1-4H3. The van der Waals surface area contributed by atoms with E-state index in [1.807, 2.05) is 34.7 Å². The first-order chi connectivity index (χ1) is 13.0. The molecular formula is C22H24N4O. The molecule has 5 nitrogen and oxygen atoms in total. The molecule has 4 rings (SSSR count). The Morgan fingerprint density at radius 1 is 1.19 bits per heavy atom. The van der Waals surface area contributed by atoms with Crippen molar-refractivity contribution in [3.05, 3.63) is 65.0 Å². The Morgan fingerprint density at radius 3 is 2.70 bits per heavy atom. The lowest BCUT2D eigenvalue weighted by atomic mass is 10.0. The summed E-state index contributed by atoms with van der Waals surface area (Å²) in [6.45, 7) is 9.42. The molecule has 3 heterocycles. The van der Waals surface area contributed by atoms with Crippen molar-refractivity contribution in [2.45, 2.75) is 33.7 Å². The number of carbonyl (C=O) groups excluding carboxylic acids is 1. The van der Waals surface area contributed by atoms with Gasteiger partial charge >= 0.3 is 0 Å². The van der Waals surface area contributed by atoms with Crippen LogP contribution in [-0.2, 0) is 0 Å². The highest BCUT2D eigenvalue weighted by Gasteiger charge is 2.25. The average molecular weight is 360 g/mol. The predicted molar refractivity (Wildman–Crippen MR) is 108 cm³/mol. The fourth-order valence-electron chi connectivity index (χ4n) is 3.71. The molecule has 0 atom stereocenters. The van der Waals surface area contributed by atoms with Gasteiger partial charge in [-0.25, -0.2) is 9.67 Å². The minimum absolute atomic E-state index is 0.0358. The minimum atomic E-state index is 0.0358. The van der Waals surface area contributed by atoms with Gasteiger partial charge in [-0.05, 0) is 50.5 Å². The van der Waals surface area contributed by atoms with Gasteiger partial charge < -0.3 is 4.90 Å². The number of amides is 1. The number of pyridine rings is 1. The Balaban J connectivity index is 1.66. The van der Waals surface area contributed by atoms with E-state index in [2.05, 4.69) is 49.1 Å². The summed E-state index contributed by atoms with van der Waals surface area (Å²) in [6.07, 6.45) is 3.92. The Hall–Kier alpha value is -2.95. The van der Waals surface area contributed by atoms with Gasteiger partial charge in [-0.3, -0.25) is 4.79 Å². The van der Waals surface area contributed by atoms with E-state index in [1.165, 1.54) is 16.7 Å². The lowest BCUT2D eigenvalue weighted by Gasteiger charge is -2.18. The van der Waals surface area contributed by atoms with Crippen molar-refractivity contribution in [1.82, 2.24) is 19.7 Å². The van der Waals surface area contributed by atoms with Gasteiger partial charge in [-0.15, -0.1) is 0 Å². The highest BCUT2D eigenvalue weighted by atomic mass is 16.2. The predicted octanol–water partition coefficient (Wildman–Crippen LogP) is 4.17. The lowest BCUT2D eigenvalue weighted by molar-refractivity contribution is 0.0803. The summed E-state index contributed by atoms with van der Waals surface area (Å²) in [6, 6.07) is 10.4. The van der Waals surface area contributed by atoms with Gasteiger partial charge in [0.05, 0.1) is 17.1 Å². The first kappa shape index (κ1) is 17.5. The second-order valence-corrected chi connectivity index (χ2v) is 7.46. The highest BCUT2D eigenvalue weighted by Crippen LogP contribution is 2.27. The van der Waals surface area contributed by atoms with Crippen molar-refractivity contribution in [3.63, 3.8) is 0 Å². The summed E-state index contributed by atoms with van der Waals surface area (Å²) in [5.74, 6) is 0.0358. The van der Waals surface area contributed by atoms with E-state index in [9.17, 15) is 4.79 Å². The van der Waals surface area contributed by atoms with E-state index in [0.717, 1.165) is 16.7 Å². The molecule has 138 valence electrons. The van der Waals surface area contributed by atoms with Crippen LogP contribution in [0.4, 0.5) is 0 Å². The number of benzene rings is 1. The number of hydrogen-bond acceptors (Lipinski definition) is 3. The normalized spacial score (nSPS) is 14.3. The summed E-state index contributed by atoms with van der Waals surface area (Å²) < 4.78 is 1.88. The molecule has 0 saturated heterocycles. The average Bonchev–Trinajstić information content (AvgIpc) is 3.27. The van der Waals surface area contributed by atoms with Crippen molar-refractivity contribution in [2.24, 2.45) is 0 Å².